The highest BCUT2D eigenvalue weighted by molar-refractivity contribution is 8.18. The largest absolute Gasteiger partial charge is 0.508 e. The molecular weight excluding hydrogens is 436 g/mol. The molecule has 0 aliphatic carbocycles. The van der Waals surface area contributed by atoms with Crippen LogP contribution in [0.3, 0.4) is 0 Å². The normalized spacial score (nSPS) is 15.0. The minimum Gasteiger partial charge on any atom is -0.508 e. The second-order valence-corrected chi connectivity index (χ2v) is 8.59. The Balaban J connectivity index is 1.45. The molecule has 1 aliphatic heterocycles. The van der Waals surface area contributed by atoms with Crippen LogP contribution in [0.5, 0.6) is 5.75 Å². The van der Waals surface area contributed by atoms with Crippen LogP contribution in [0.25, 0.3) is 27.6 Å². The van der Waals surface area contributed by atoms with E-state index in [1.54, 1.807) is 6.08 Å². The van der Waals surface area contributed by atoms with E-state index < -0.39 is 17.1 Å². The fraction of sp³-hybridized carbons (Fsp3) is 0.0385. The number of nitrogens with zero attached hydrogens (tertiary/aromatic N) is 1. The standard InChI is InChI=1S/C26H18N2O4S/c29-19-11-9-18(10-12-19)27-24(30)15-28-25(31)23(33-26(28)32)14-22-20-7-3-1-5-16(20)13-17-6-2-4-8-21(17)22/h1-14,29H,15H2,(H,27,30)/b23-14-. The zero-order chi connectivity index (χ0) is 22.9. The number of hydrogen-bond donors (Lipinski definition) is 2. The Morgan fingerprint density at radius 1 is 0.909 bits per heavy atom. The number of imide groups is 1. The predicted molar refractivity (Wildman–Crippen MR) is 131 cm³/mol. The van der Waals surface area contributed by atoms with Crippen molar-refractivity contribution in [2.45, 2.75) is 0 Å². The zero-order valence-corrected chi connectivity index (χ0v) is 18.1. The number of phenols is 1. The van der Waals surface area contributed by atoms with Crippen molar-refractivity contribution in [2.24, 2.45) is 0 Å². The smallest absolute Gasteiger partial charge is 0.294 e. The number of nitrogens with one attached hydrogen (secondary N) is 1. The van der Waals surface area contributed by atoms with Gasteiger partial charge in [0.15, 0.2) is 0 Å². The molecule has 0 unspecified atom stereocenters. The van der Waals surface area contributed by atoms with E-state index in [0.29, 0.717) is 5.69 Å². The quantitative estimate of drug-likeness (QED) is 0.246. The predicted octanol–water partition coefficient (Wildman–Crippen LogP) is 5.37. The van der Waals surface area contributed by atoms with Crippen LogP contribution in [0.1, 0.15) is 5.56 Å². The van der Waals surface area contributed by atoms with Gasteiger partial charge in [-0.1, -0.05) is 48.5 Å². The maximum Gasteiger partial charge on any atom is 0.294 e. The molecule has 0 saturated carbocycles. The lowest BCUT2D eigenvalue weighted by Crippen LogP contribution is -2.36. The lowest BCUT2D eigenvalue weighted by molar-refractivity contribution is -0.127. The molecule has 0 bridgehead atoms. The van der Waals surface area contributed by atoms with Crippen molar-refractivity contribution in [1.82, 2.24) is 4.90 Å². The SMILES string of the molecule is O=C(CN1C(=O)S/C(=C\c2c3ccccc3cc3ccccc23)C1=O)Nc1ccc(O)cc1. The fourth-order valence-corrected chi connectivity index (χ4v) is 4.68. The van der Waals surface area contributed by atoms with Gasteiger partial charge >= 0.3 is 0 Å². The Bertz CT molecular complexity index is 1410. The van der Waals surface area contributed by atoms with E-state index in [9.17, 15) is 19.5 Å². The van der Waals surface area contributed by atoms with Gasteiger partial charge in [0.05, 0.1) is 4.91 Å². The van der Waals surface area contributed by atoms with Crippen LogP contribution < -0.4 is 5.32 Å². The summed E-state index contributed by atoms with van der Waals surface area (Å²) in [4.78, 5) is 39.2. The summed E-state index contributed by atoms with van der Waals surface area (Å²) in [5.41, 5.74) is 1.32. The van der Waals surface area contributed by atoms with E-state index in [1.165, 1.54) is 24.3 Å². The molecule has 6 nitrogen and oxygen atoms in total. The molecule has 4 aromatic rings. The molecule has 0 aromatic heterocycles. The molecule has 33 heavy (non-hydrogen) atoms. The molecular formula is C26H18N2O4S. The summed E-state index contributed by atoms with van der Waals surface area (Å²) in [6.07, 6.45) is 1.74. The molecule has 0 radical (unpaired) electrons. The highest BCUT2D eigenvalue weighted by Crippen LogP contribution is 2.36. The Morgan fingerprint density at radius 3 is 2.15 bits per heavy atom. The van der Waals surface area contributed by atoms with Crippen molar-refractivity contribution < 1.29 is 19.5 Å². The van der Waals surface area contributed by atoms with Gasteiger partial charge in [-0.3, -0.25) is 19.3 Å². The molecule has 4 aromatic carbocycles. The number of amides is 3. The molecule has 1 fully saturated rings. The monoisotopic (exact) mass is 454 g/mol. The Hall–Kier alpha value is -4.10. The van der Waals surface area contributed by atoms with Crippen LogP contribution in [0, 0.1) is 0 Å². The van der Waals surface area contributed by atoms with Crippen molar-refractivity contribution in [2.75, 3.05) is 11.9 Å². The third kappa shape index (κ3) is 4.06. The first-order valence-corrected chi connectivity index (χ1v) is 11.1. The maximum absolute atomic E-state index is 13.0. The fourth-order valence-electron chi connectivity index (χ4n) is 3.86. The third-order valence-electron chi connectivity index (χ3n) is 5.41. The molecule has 1 heterocycles. The molecule has 0 atom stereocenters. The first-order chi connectivity index (χ1) is 16.0. The van der Waals surface area contributed by atoms with E-state index >= 15 is 0 Å². The first kappa shape index (κ1) is 20.8. The van der Waals surface area contributed by atoms with Crippen molar-refractivity contribution in [1.29, 1.82) is 0 Å². The number of carbonyl (C=O) groups excluding carboxylic acids is 3. The van der Waals surface area contributed by atoms with Gasteiger partial charge < -0.3 is 10.4 Å². The Kier molecular flexibility index (Phi) is 5.32. The van der Waals surface area contributed by atoms with E-state index in [0.717, 1.165) is 43.8 Å². The van der Waals surface area contributed by atoms with Crippen LogP contribution in [0.2, 0.25) is 0 Å². The average molecular weight is 455 g/mol. The molecule has 3 amide bonds. The number of carbonyl (C=O) groups is 3. The molecule has 7 heteroatoms. The van der Waals surface area contributed by atoms with E-state index in [4.69, 9.17) is 0 Å². The van der Waals surface area contributed by atoms with Gasteiger partial charge in [0.1, 0.15) is 12.3 Å². The minimum atomic E-state index is -0.500. The third-order valence-corrected chi connectivity index (χ3v) is 6.32. The second kappa shape index (κ2) is 8.44. The van der Waals surface area contributed by atoms with Crippen molar-refractivity contribution in [3.8, 4) is 5.75 Å². The lowest BCUT2D eigenvalue weighted by atomic mass is 9.96. The highest BCUT2D eigenvalue weighted by atomic mass is 32.2. The van der Waals surface area contributed by atoms with Gasteiger partial charge in [-0.05, 0) is 75.3 Å². The highest BCUT2D eigenvalue weighted by Gasteiger charge is 2.36. The summed E-state index contributed by atoms with van der Waals surface area (Å²) in [7, 11) is 0. The summed E-state index contributed by atoms with van der Waals surface area (Å²) < 4.78 is 0. The number of fused-ring (bicyclic) bond motifs is 2. The van der Waals surface area contributed by atoms with Gasteiger partial charge in [0.25, 0.3) is 11.1 Å². The van der Waals surface area contributed by atoms with Crippen molar-refractivity contribution in [3.05, 3.63) is 89.3 Å². The summed E-state index contributed by atoms with van der Waals surface area (Å²) in [5, 5.41) is 15.5. The van der Waals surface area contributed by atoms with E-state index in [2.05, 4.69) is 11.4 Å². The number of thioether (sulfide) groups is 1. The van der Waals surface area contributed by atoms with Gasteiger partial charge in [0, 0.05) is 5.69 Å². The van der Waals surface area contributed by atoms with Crippen LogP contribution in [-0.2, 0) is 9.59 Å². The lowest BCUT2D eigenvalue weighted by Gasteiger charge is -2.12. The summed E-state index contributed by atoms with van der Waals surface area (Å²) >= 11 is 0.829. The molecule has 0 spiro atoms. The number of aromatic hydroxyl groups is 1. The van der Waals surface area contributed by atoms with Gasteiger partial charge in [-0.15, -0.1) is 0 Å². The zero-order valence-electron chi connectivity index (χ0n) is 17.3. The second-order valence-electron chi connectivity index (χ2n) is 7.60. The molecule has 162 valence electrons. The maximum atomic E-state index is 13.0. The Morgan fingerprint density at radius 2 is 1.52 bits per heavy atom. The number of anilines is 1. The molecule has 1 aliphatic rings. The van der Waals surface area contributed by atoms with Gasteiger partial charge in [0.2, 0.25) is 5.91 Å². The topological polar surface area (TPSA) is 86.7 Å². The van der Waals surface area contributed by atoms with Gasteiger partial charge in [-0.25, -0.2) is 0 Å². The average Bonchev–Trinajstić information content (AvgIpc) is 3.07. The van der Waals surface area contributed by atoms with Crippen LogP contribution >= 0.6 is 11.8 Å². The summed E-state index contributed by atoms with van der Waals surface area (Å²) in [6.45, 7) is -0.390. The van der Waals surface area contributed by atoms with E-state index in [1.807, 2.05) is 48.5 Å². The van der Waals surface area contributed by atoms with Crippen LogP contribution in [0.15, 0.2) is 83.8 Å². The van der Waals surface area contributed by atoms with Crippen LogP contribution in [-0.4, -0.2) is 33.6 Å². The van der Waals surface area contributed by atoms with Crippen LogP contribution in [0.4, 0.5) is 10.5 Å². The molecule has 5 rings (SSSR count). The first-order valence-electron chi connectivity index (χ1n) is 10.2. The number of rotatable bonds is 4. The molecule has 1 saturated heterocycles. The number of benzene rings is 4. The Labute approximate surface area is 193 Å². The summed E-state index contributed by atoms with van der Waals surface area (Å²) in [5.74, 6) is -0.923. The van der Waals surface area contributed by atoms with Crippen molar-refractivity contribution in [3.63, 3.8) is 0 Å². The molecule has 2 N–H and O–H groups in total. The minimum absolute atomic E-state index is 0.0741. The van der Waals surface area contributed by atoms with Crippen molar-refractivity contribution >= 4 is 62.1 Å². The van der Waals surface area contributed by atoms with Gasteiger partial charge in [-0.2, -0.15) is 0 Å². The number of hydrogen-bond acceptors (Lipinski definition) is 5. The van der Waals surface area contributed by atoms with E-state index in [-0.39, 0.29) is 17.2 Å². The number of phenolic OH excluding ortho intramolecular Hbond substituents is 1. The summed E-state index contributed by atoms with van der Waals surface area (Å²) in [6, 6.07) is 23.8.